The van der Waals surface area contributed by atoms with Gasteiger partial charge in [-0.1, -0.05) is 19.9 Å². The molecule has 0 bridgehead atoms. The van der Waals surface area contributed by atoms with Crippen molar-refractivity contribution in [3.63, 3.8) is 0 Å². The van der Waals surface area contributed by atoms with E-state index in [0.29, 0.717) is 36.9 Å². The Labute approximate surface area is 179 Å². The lowest BCUT2D eigenvalue weighted by Crippen LogP contribution is -2.39. The Balaban J connectivity index is 1.95. The van der Waals surface area contributed by atoms with Gasteiger partial charge in [0.2, 0.25) is 0 Å². The van der Waals surface area contributed by atoms with Crippen molar-refractivity contribution >= 4 is 11.9 Å². The number of aryl methyl sites for hydroxylation is 1. The summed E-state index contributed by atoms with van der Waals surface area (Å²) in [4.78, 5) is 19.0. The highest BCUT2D eigenvalue weighted by molar-refractivity contribution is 5.94. The van der Waals surface area contributed by atoms with Crippen molar-refractivity contribution in [2.75, 3.05) is 33.8 Å². The predicted molar refractivity (Wildman–Crippen MR) is 120 cm³/mol. The van der Waals surface area contributed by atoms with Crippen molar-refractivity contribution in [3.05, 3.63) is 47.3 Å². The zero-order valence-corrected chi connectivity index (χ0v) is 18.9. The maximum Gasteiger partial charge on any atom is 0.251 e. The summed E-state index contributed by atoms with van der Waals surface area (Å²) in [6.45, 7) is 8.74. The number of hydrogen-bond acceptors (Lipinski definition) is 4. The minimum absolute atomic E-state index is 0.139. The first-order valence-corrected chi connectivity index (χ1v) is 10.3. The number of rotatable bonds is 9. The molecule has 8 nitrogen and oxygen atoms in total. The van der Waals surface area contributed by atoms with Crippen LogP contribution in [0.3, 0.4) is 0 Å². The van der Waals surface area contributed by atoms with Crippen LogP contribution in [0.25, 0.3) is 0 Å². The van der Waals surface area contributed by atoms with Gasteiger partial charge >= 0.3 is 0 Å². The van der Waals surface area contributed by atoms with Crippen LogP contribution in [-0.4, -0.2) is 60.3 Å². The Morgan fingerprint density at radius 3 is 2.77 bits per heavy atom. The molecule has 1 aromatic heterocycles. The Morgan fingerprint density at radius 2 is 2.10 bits per heavy atom. The van der Waals surface area contributed by atoms with Crippen LogP contribution in [0.15, 0.2) is 35.5 Å². The Hall–Kier alpha value is -3.03. The molecule has 8 heteroatoms. The van der Waals surface area contributed by atoms with Crippen LogP contribution in [0, 0.1) is 0 Å². The quantitative estimate of drug-likeness (QED) is 0.374. The zero-order valence-electron chi connectivity index (χ0n) is 18.9. The molecule has 164 valence electrons. The molecule has 2 N–H and O–H groups in total. The van der Waals surface area contributed by atoms with Crippen LogP contribution in [0.1, 0.15) is 48.3 Å². The summed E-state index contributed by atoms with van der Waals surface area (Å²) >= 11 is 0. The number of amides is 1. The SMILES string of the molecule is CCNC(=NCCNC(=O)c1cccc(OC)c1)N(C)Cc1cn(C)nc1C(C)C. The third kappa shape index (κ3) is 6.50. The molecule has 0 saturated heterocycles. The number of ether oxygens (including phenoxy) is 1. The lowest BCUT2D eigenvalue weighted by atomic mass is 10.1. The van der Waals surface area contributed by atoms with E-state index < -0.39 is 0 Å². The monoisotopic (exact) mass is 414 g/mol. The van der Waals surface area contributed by atoms with Crippen molar-refractivity contribution in [3.8, 4) is 5.75 Å². The second kappa shape index (κ2) is 11.2. The molecule has 0 atom stereocenters. The highest BCUT2D eigenvalue weighted by atomic mass is 16.5. The van der Waals surface area contributed by atoms with E-state index in [1.807, 2.05) is 31.8 Å². The van der Waals surface area contributed by atoms with Gasteiger partial charge in [0.1, 0.15) is 5.75 Å². The average molecular weight is 415 g/mol. The third-order valence-corrected chi connectivity index (χ3v) is 4.58. The molecule has 0 aliphatic carbocycles. The summed E-state index contributed by atoms with van der Waals surface area (Å²) in [7, 11) is 5.53. The fraction of sp³-hybridized carbons (Fsp3) is 0.500. The van der Waals surface area contributed by atoms with Gasteiger partial charge in [0.05, 0.1) is 19.3 Å². The molecule has 1 amide bonds. The maximum absolute atomic E-state index is 12.3. The molecule has 2 rings (SSSR count). The Kier molecular flexibility index (Phi) is 8.70. The molecule has 30 heavy (non-hydrogen) atoms. The van der Waals surface area contributed by atoms with Crippen LogP contribution >= 0.6 is 0 Å². The molecule has 1 heterocycles. The number of hydrogen-bond donors (Lipinski definition) is 2. The van der Waals surface area contributed by atoms with Gasteiger partial charge in [0.25, 0.3) is 5.91 Å². The van der Waals surface area contributed by atoms with E-state index >= 15 is 0 Å². The van der Waals surface area contributed by atoms with E-state index in [2.05, 4.69) is 45.7 Å². The molecule has 0 aliphatic heterocycles. The average Bonchev–Trinajstić information content (AvgIpc) is 3.10. The minimum atomic E-state index is -0.139. The Morgan fingerprint density at radius 1 is 1.33 bits per heavy atom. The molecule has 1 aromatic carbocycles. The predicted octanol–water partition coefficient (Wildman–Crippen LogP) is 2.38. The fourth-order valence-corrected chi connectivity index (χ4v) is 3.16. The molecule has 0 saturated carbocycles. The van der Waals surface area contributed by atoms with Crippen molar-refractivity contribution in [1.29, 1.82) is 0 Å². The molecule has 0 spiro atoms. The number of carbonyl (C=O) groups excluding carboxylic acids is 1. The number of aromatic nitrogens is 2. The molecule has 0 aliphatic rings. The van der Waals surface area contributed by atoms with Crippen LogP contribution < -0.4 is 15.4 Å². The zero-order chi connectivity index (χ0) is 22.1. The number of carbonyl (C=O) groups is 1. The topological polar surface area (TPSA) is 83.8 Å². The molecule has 2 aromatic rings. The van der Waals surface area contributed by atoms with E-state index in [9.17, 15) is 4.79 Å². The summed E-state index contributed by atoms with van der Waals surface area (Å²) in [5.74, 6) is 1.68. The Bertz CT molecular complexity index is 859. The van der Waals surface area contributed by atoms with Crippen LogP contribution in [0.4, 0.5) is 0 Å². The number of guanidine groups is 1. The lowest BCUT2D eigenvalue weighted by Gasteiger charge is -2.22. The van der Waals surface area contributed by atoms with Crippen LogP contribution in [0.2, 0.25) is 0 Å². The van der Waals surface area contributed by atoms with Crippen molar-refractivity contribution < 1.29 is 9.53 Å². The normalized spacial score (nSPS) is 11.5. The van der Waals surface area contributed by atoms with Gasteiger partial charge in [-0.15, -0.1) is 0 Å². The van der Waals surface area contributed by atoms with Gasteiger partial charge in [0.15, 0.2) is 5.96 Å². The van der Waals surface area contributed by atoms with E-state index in [-0.39, 0.29) is 5.91 Å². The third-order valence-electron chi connectivity index (χ3n) is 4.58. The molecular weight excluding hydrogens is 380 g/mol. The van der Waals surface area contributed by atoms with Gasteiger partial charge in [-0.3, -0.25) is 14.5 Å². The summed E-state index contributed by atoms with van der Waals surface area (Å²) in [5.41, 5.74) is 2.86. The summed E-state index contributed by atoms with van der Waals surface area (Å²) in [6, 6.07) is 7.09. The summed E-state index contributed by atoms with van der Waals surface area (Å²) in [5, 5.41) is 10.8. The molecule has 0 unspecified atom stereocenters. The fourth-order valence-electron chi connectivity index (χ4n) is 3.16. The van der Waals surface area contributed by atoms with E-state index in [0.717, 1.165) is 18.2 Å². The number of methoxy groups -OCH3 is 1. The first-order chi connectivity index (χ1) is 14.3. The van der Waals surface area contributed by atoms with Crippen LogP contribution in [0.5, 0.6) is 5.75 Å². The van der Waals surface area contributed by atoms with Gasteiger partial charge in [-0.05, 0) is 31.0 Å². The first kappa shape index (κ1) is 23.3. The summed E-state index contributed by atoms with van der Waals surface area (Å²) < 4.78 is 7.02. The summed E-state index contributed by atoms with van der Waals surface area (Å²) in [6.07, 6.45) is 2.06. The number of nitrogens with zero attached hydrogens (tertiary/aromatic N) is 4. The second-order valence-corrected chi connectivity index (χ2v) is 7.45. The van der Waals surface area contributed by atoms with Gasteiger partial charge in [-0.25, -0.2) is 0 Å². The molecular formula is C22H34N6O2. The largest absolute Gasteiger partial charge is 0.497 e. The second-order valence-electron chi connectivity index (χ2n) is 7.45. The van der Waals surface area contributed by atoms with E-state index in [4.69, 9.17) is 4.74 Å². The van der Waals surface area contributed by atoms with Crippen molar-refractivity contribution in [2.45, 2.75) is 33.2 Å². The number of benzene rings is 1. The highest BCUT2D eigenvalue weighted by Gasteiger charge is 2.15. The standard InChI is InChI=1S/C22H34N6O2/c1-7-23-22(27(4)14-18-15-28(5)26-20(18)16(2)3)25-12-11-24-21(29)17-9-8-10-19(13-17)30-6/h8-10,13,15-16H,7,11-12,14H2,1-6H3,(H,23,25)(H,24,29). The van der Waals surface area contributed by atoms with Crippen molar-refractivity contribution in [1.82, 2.24) is 25.3 Å². The van der Waals surface area contributed by atoms with Gasteiger partial charge in [0, 0.05) is 51.1 Å². The van der Waals surface area contributed by atoms with Gasteiger partial charge in [-0.2, -0.15) is 5.10 Å². The molecule has 0 fully saturated rings. The van der Waals surface area contributed by atoms with Crippen molar-refractivity contribution in [2.24, 2.45) is 12.0 Å². The maximum atomic E-state index is 12.3. The van der Waals surface area contributed by atoms with E-state index in [1.165, 1.54) is 5.56 Å². The highest BCUT2D eigenvalue weighted by Crippen LogP contribution is 2.18. The minimum Gasteiger partial charge on any atom is -0.497 e. The van der Waals surface area contributed by atoms with Crippen LogP contribution in [-0.2, 0) is 13.6 Å². The first-order valence-electron chi connectivity index (χ1n) is 10.3. The number of nitrogens with one attached hydrogen (secondary N) is 2. The molecule has 0 radical (unpaired) electrons. The van der Waals surface area contributed by atoms with E-state index in [1.54, 1.807) is 25.3 Å². The smallest absolute Gasteiger partial charge is 0.251 e. The van der Waals surface area contributed by atoms with Gasteiger partial charge < -0.3 is 20.3 Å². The lowest BCUT2D eigenvalue weighted by molar-refractivity contribution is 0.0954. The number of aliphatic imine (C=N–C) groups is 1.